The lowest BCUT2D eigenvalue weighted by atomic mass is 9.30. The normalized spacial score (nSPS) is 14.6. The van der Waals surface area contributed by atoms with Crippen molar-refractivity contribution < 1.29 is 4.74 Å². The number of hydrogen-bond acceptors (Lipinski definition) is 2. The largest absolute Gasteiger partial charge is 0.458 e. The highest BCUT2D eigenvalue weighted by molar-refractivity contribution is 7.26. The maximum atomic E-state index is 6.80. The molecule has 0 fully saturated rings. The zero-order chi connectivity index (χ0) is 28.4. The molecule has 0 saturated heterocycles. The fourth-order valence-electron chi connectivity index (χ4n) is 8.07. The zero-order valence-electron chi connectivity index (χ0n) is 23.9. The van der Waals surface area contributed by atoms with Crippen LogP contribution in [0.4, 0.5) is 0 Å². The van der Waals surface area contributed by atoms with E-state index in [1.165, 1.54) is 69.5 Å². The van der Waals surface area contributed by atoms with Gasteiger partial charge in [-0.3, -0.25) is 0 Å². The molecule has 10 rings (SSSR count). The molecule has 2 aliphatic rings. The molecule has 0 saturated carbocycles. The molecular weight excluding hydrogens is 541 g/mol. The van der Waals surface area contributed by atoms with E-state index in [0.717, 1.165) is 17.2 Å². The molecule has 0 atom stereocenters. The summed E-state index contributed by atoms with van der Waals surface area (Å²) in [5, 5.41) is 5.29. The van der Waals surface area contributed by atoms with Gasteiger partial charge in [-0.1, -0.05) is 98.2 Å². The molecule has 4 heterocycles. The van der Waals surface area contributed by atoms with Crippen LogP contribution in [0.25, 0.3) is 47.7 Å². The van der Waals surface area contributed by atoms with E-state index in [2.05, 4.69) is 140 Å². The molecule has 2 nitrogen and oxygen atoms in total. The van der Waals surface area contributed by atoms with Crippen molar-refractivity contribution >= 4 is 76.4 Å². The summed E-state index contributed by atoms with van der Waals surface area (Å²) < 4.78 is 11.9. The molecule has 2 aliphatic heterocycles. The van der Waals surface area contributed by atoms with Crippen molar-refractivity contribution in [2.75, 3.05) is 0 Å². The van der Waals surface area contributed by atoms with Gasteiger partial charge in [0.05, 0.1) is 16.7 Å². The van der Waals surface area contributed by atoms with Crippen LogP contribution in [0, 0.1) is 0 Å². The van der Waals surface area contributed by atoms with Gasteiger partial charge in [0, 0.05) is 42.4 Å². The predicted molar refractivity (Wildman–Crippen MR) is 183 cm³/mol. The van der Waals surface area contributed by atoms with Crippen LogP contribution in [0.5, 0.6) is 11.5 Å². The minimum Gasteiger partial charge on any atom is -0.458 e. The molecule has 2 aromatic heterocycles. The number of hydrogen-bond donors (Lipinski definition) is 0. The average molecular weight is 568 g/mol. The lowest BCUT2D eigenvalue weighted by molar-refractivity contribution is 0.484. The summed E-state index contributed by atoms with van der Waals surface area (Å²) >= 11 is 1.88. The lowest BCUT2D eigenvalue weighted by Crippen LogP contribution is -2.62. The van der Waals surface area contributed by atoms with E-state index >= 15 is 0 Å². The third-order valence-corrected chi connectivity index (χ3v) is 11.1. The van der Waals surface area contributed by atoms with Crippen molar-refractivity contribution in [2.24, 2.45) is 0 Å². The number of aromatic nitrogens is 1. The Kier molecular flexibility index (Phi) is 4.52. The van der Waals surface area contributed by atoms with Crippen molar-refractivity contribution in [3.8, 4) is 17.2 Å². The third-order valence-electron chi connectivity index (χ3n) is 9.92. The molecule has 6 aromatic carbocycles. The highest BCUT2D eigenvalue weighted by Crippen LogP contribution is 2.45. The van der Waals surface area contributed by atoms with Crippen molar-refractivity contribution in [3.63, 3.8) is 0 Å². The number of rotatable bonds is 1. The summed E-state index contributed by atoms with van der Waals surface area (Å²) in [7, 11) is 0. The highest BCUT2D eigenvalue weighted by atomic mass is 32.1. The Morgan fingerprint density at radius 3 is 2.26 bits per heavy atom. The first-order valence-electron chi connectivity index (χ1n) is 15.0. The number of thiophene rings is 1. The third kappa shape index (κ3) is 2.99. The van der Waals surface area contributed by atoms with Gasteiger partial charge in [0.25, 0.3) is 6.71 Å². The predicted octanol–water partition coefficient (Wildman–Crippen LogP) is 8.41. The topological polar surface area (TPSA) is 14.2 Å². The van der Waals surface area contributed by atoms with Crippen LogP contribution < -0.4 is 21.1 Å². The van der Waals surface area contributed by atoms with Crippen molar-refractivity contribution in [1.82, 2.24) is 4.57 Å². The Bertz CT molecular complexity index is 2480. The van der Waals surface area contributed by atoms with Gasteiger partial charge in [-0.15, -0.1) is 11.3 Å². The quantitative estimate of drug-likeness (QED) is 0.182. The van der Waals surface area contributed by atoms with Crippen LogP contribution >= 0.6 is 11.3 Å². The van der Waals surface area contributed by atoms with Gasteiger partial charge < -0.3 is 9.30 Å². The molecule has 0 amide bonds. The molecule has 4 heteroatoms. The maximum absolute atomic E-state index is 6.80. The van der Waals surface area contributed by atoms with Crippen LogP contribution in [0.15, 0.2) is 121 Å². The number of fused-ring (bicyclic) bond motifs is 11. The Morgan fingerprint density at radius 1 is 0.605 bits per heavy atom. The summed E-state index contributed by atoms with van der Waals surface area (Å²) in [6, 6.07) is 44.6. The Morgan fingerprint density at radius 2 is 1.35 bits per heavy atom. The SMILES string of the molecule is CC1(C)c2ccccc2B2c3ccccc3Oc3cc(-n4c5ccccc5c5c6c(ccc54)sc4ccccc46)cc1c32. The van der Waals surface area contributed by atoms with E-state index in [1.807, 2.05) is 11.3 Å². The average Bonchev–Trinajstić information content (AvgIpc) is 3.58. The molecule has 8 aromatic rings. The molecule has 43 heavy (non-hydrogen) atoms. The molecular formula is C39H26BNOS. The summed E-state index contributed by atoms with van der Waals surface area (Å²) in [4.78, 5) is 0. The summed E-state index contributed by atoms with van der Waals surface area (Å²) in [5.74, 6) is 1.91. The second-order valence-corrected chi connectivity index (χ2v) is 13.6. The minimum atomic E-state index is -0.182. The molecule has 0 spiro atoms. The number of ether oxygens (including phenoxy) is 1. The molecule has 0 N–H and O–H groups in total. The lowest BCUT2D eigenvalue weighted by Gasteiger charge is -2.42. The summed E-state index contributed by atoms with van der Waals surface area (Å²) in [5.41, 5.74) is 10.1. The van der Waals surface area contributed by atoms with Gasteiger partial charge in [0.1, 0.15) is 11.5 Å². The fraction of sp³-hybridized carbons (Fsp3) is 0.0769. The molecule has 0 bridgehead atoms. The number of nitrogens with zero attached hydrogens (tertiary/aromatic N) is 1. The van der Waals surface area contributed by atoms with Gasteiger partial charge in [0.2, 0.25) is 0 Å². The fourth-order valence-corrected chi connectivity index (χ4v) is 9.18. The molecule has 0 aliphatic carbocycles. The standard InChI is InChI=1S/C39H26BNOS/c1-39(2)26-13-5-6-14-28(26)40-29-15-7-9-17-32(29)42-33-22-23(21-27(39)38(33)40)41-30-16-8-3-11-24(30)36-31(41)19-20-35-37(36)25-12-4-10-18-34(25)43-35/h3-22H,1-2H3. The Labute approximate surface area is 253 Å². The first-order valence-corrected chi connectivity index (χ1v) is 15.8. The second-order valence-electron chi connectivity index (χ2n) is 12.5. The monoisotopic (exact) mass is 567 g/mol. The van der Waals surface area contributed by atoms with Crippen LogP contribution in [-0.2, 0) is 5.41 Å². The zero-order valence-corrected chi connectivity index (χ0v) is 24.7. The van der Waals surface area contributed by atoms with E-state index in [9.17, 15) is 0 Å². The van der Waals surface area contributed by atoms with Crippen LogP contribution in [0.1, 0.15) is 25.0 Å². The summed E-state index contributed by atoms with van der Waals surface area (Å²) in [6.45, 7) is 4.90. The number of para-hydroxylation sites is 2. The Balaban J connectivity index is 1.33. The summed E-state index contributed by atoms with van der Waals surface area (Å²) in [6.07, 6.45) is 0. The van der Waals surface area contributed by atoms with E-state index in [0.29, 0.717) is 0 Å². The highest BCUT2D eigenvalue weighted by Gasteiger charge is 2.45. The van der Waals surface area contributed by atoms with Crippen molar-refractivity contribution in [1.29, 1.82) is 0 Å². The van der Waals surface area contributed by atoms with Crippen LogP contribution in [0.3, 0.4) is 0 Å². The molecule has 202 valence electrons. The Hall–Kier alpha value is -4.80. The number of benzene rings is 6. The van der Waals surface area contributed by atoms with E-state index in [-0.39, 0.29) is 12.1 Å². The van der Waals surface area contributed by atoms with Gasteiger partial charge in [-0.25, -0.2) is 0 Å². The van der Waals surface area contributed by atoms with Gasteiger partial charge in [-0.05, 0) is 58.5 Å². The molecule has 0 radical (unpaired) electrons. The first kappa shape index (κ1) is 23.7. The maximum Gasteiger partial charge on any atom is 0.251 e. The van der Waals surface area contributed by atoms with E-state index in [1.54, 1.807) is 0 Å². The van der Waals surface area contributed by atoms with Crippen molar-refractivity contribution in [3.05, 3.63) is 132 Å². The van der Waals surface area contributed by atoms with Crippen molar-refractivity contribution in [2.45, 2.75) is 19.3 Å². The minimum absolute atomic E-state index is 0.156. The van der Waals surface area contributed by atoms with E-state index in [4.69, 9.17) is 4.74 Å². The smallest absolute Gasteiger partial charge is 0.251 e. The van der Waals surface area contributed by atoms with Gasteiger partial charge in [0.15, 0.2) is 0 Å². The molecule has 0 unspecified atom stereocenters. The second kappa shape index (κ2) is 8.18. The van der Waals surface area contributed by atoms with Crippen LogP contribution in [0.2, 0.25) is 0 Å². The van der Waals surface area contributed by atoms with E-state index < -0.39 is 0 Å². The first-order chi connectivity index (χ1) is 21.1. The van der Waals surface area contributed by atoms with Gasteiger partial charge >= 0.3 is 0 Å². The van der Waals surface area contributed by atoms with Gasteiger partial charge in [-0.2, -0.15) is 0 Å². The van der Waals surface area contributed by atoms with Crippen LogP contribution in [-0.4, -0.2) is 11.3 Å².